The molecule has 0 unspecified atom stereocenters. The maximum atomic E-state index is 12.4. The molecular formula is C15H12N4O5S. The Morgan fingerprint density at radius 2 is 2.04 bits per heavy atom. The molecular weight excluding hydrogens is 348 g/mol. The third-order valence-corrected chi connectivity index (χ3v) is 4.64. The molecule has 2 aromatic heterocycles. The molecule has 0 fully saturated rings. The van der Waals surface area contributed by atoms with Crippen molar-refractivity contribution >= 4 is 38.3 Å². The molecule has 1 aliphatic rings. The van der Waals surface area contributed by atoms with E-state index in [4.69, 9.17) is 9.47 Å². The SMILES string of the molecule is Cn1cc([N+](=O)[O-])cc1C(=O)Nc1nc2cc3c(cc2s1)OCCO3. The number of hydrogen-bond donors (Lipinski definition) is 1. The number of benzene rings is 1. The zero-order chi connectivity index (χ0) is 17.6. The zero-order valence-corrected chi connectivity index (χ0v) is 13.8. The lowest BCUT2D eigenvalue weighted by Crippen LogP contribution is -2.15. The molecule has 0 saturated heterocycles. The Labute approximate surface area is 144 Å². The van der Waals surface area contributed by atoms with Crippen LogP contribution in [0.1, 0.15) is 10.5 Å². The largest absolute Gasteiger partial charge is 0.486 e. The van der Waals surface area contributed by atoms with Crippen LogP contribution in [0.25, 0.3) is 10.2 Å². The summed E-state index contributed by atoms with van der Waals surface area (Å²) in [5, 5.41) is 13.9. The number of carbonyl (C=O) groups excluding carboxylic acids is 1. The molecule has 128 valence electrons. The van der Waals surface area contributed by atoms with E-state index in [1.165, 1.54) is 28.2 Å². The average molecular weight is 360 g/mol. The molecule has 0 radical (unpaired) electrons. The van der Waals surface area contributed by atoms with Gasteiger partial charge in [-0.15, -0.1) is 0 Å². The van der Waals surface area contributed by atoms with Crippen molar-refractivity contribution in [2.75, 3.05) is 18.5 Å². The predicted molar refractivity (Wildman–Crippen MR) is 90.6 cm³/mol. The van der Waals surface area contributed by atoms with Crippen LogP contribution < -0.4 is 14.8 Å². The van der Waals surface area contributed by atoms with Gasteiger partial charge in [0.1, 0.15) is 18.9 Å². The Bertz CT molecular complexity index is 966. The minimum absolute atomic E-state index is 0.140. The molecule has 25 heavy (non-hydrogen) atoms. The number of nitrogens with one attached hydrogen (secondary N) is 1. The number of aryl methyl sites for hydroxylation is 1. The molecule has 1 amide bonds. The first-order valence-corrected chi connectivity index (χ1v) is 8.15. The van der Waals surface area contributed by atoms with Crippen molar-refractivity contribution in [3.05, 3.63) is 40.2 Å². The predicted octanol–water partition coefficient (Wildman–Crippen LogP) is 2.57. The van der Waals surface area contributed by atoms with Crippen LogP contribution >= 0.6 is 11.3 Å². The van der Waals surface area contributed by atoms with Gasteiger partial charge in [0.15, 0.2) is 16.6 Å². The fourth-order valence-electron chi connectivity index (χ4n) is 2.55. The van der Waals surface area contributed by atoms with Crippen LogP contribution in [-0.2, 0) is 7.05 Å². The maximum absolute atomic E-state index is 12.4. The van der Waals surface area contributed by atoms with Crippen LogP contribution in [0.4, 0.5) is 10.8 Å². The molecule has 1 aromatic carbocycles. The van der Waals surface area contributed by atoms with E-state index in [0.29, 0.717) is 35.4 Å². The first-order chi connectivity index (χ1) is 12.0. The lowest BCUT2D eigenvalue weighted by molar-refractivity contribution is -0.384. The second-order valence-corrected chi connectivity index (χ2v) is 6.42. The van der Waals surface area contributed by atoms with E-state index < -0.39 is 10.8 Å². The van der Waals surface area contributed by atoms with E-state index in [0.717, 1.165) is 4.70 Å². The van der Waals surface area contributed by atoms with Gasteiger partial charge in [-0.25, -0.2) is 4.98 Å². The molecule has 3 aromatic rings. The highest BCUT2D eigenvalue weighted by Gasteiger charge is 2.20. The van der Waals surface area contributed by atoms with E-state index in [-0.39, 0.29) is 11.4 Å². The third kappa shape index (κ3) is 2.76. The second-order valence-electron chi connectivity index (χ2n) is 5.39. The van der Waals surface area contributed by atoms with Crippen molar-refractivity contribution in [3.8, 4) is 11.5 Å². The van der Waals surface area contributed by atoms with Gasteiger partial charge in [-0.1, -0.05) is 11.3 Å². The minimum atomic E-state index is -0.543. The summed E-state index contributed by atoms with van der Waals surface area (Å²) in [6.07, 6.45) is 1.29. The molecule has 4 rings (SSSR count). The number of anilines is 1. The number of ether oxygens (including phenoxy) is 2. The fourth-order valence-corrected chi connectivity index (χ4v) is 3.42. The van der Waals surface area contributed by atoms with Crippen molar-refractivity contribution in [3.63, 3.8) is 0 Å². The van der Waals surface area contributed by atoms with Crippen LogP contribution in [0.5, 0.6) is 11.5 Å². The summed E-state index contributed by atoms with van der Waals surface area (Å²) in [7, 11) is 1.57. The van der Waals surface area contributed by atoms with Gasteiger partial charge < -0.3 is 14.0 Å². The quantitative estimate of drug-likeness (QED) is 0.568. The van der Waals surface area contributed by atoms with Crippen LogP contribution in [0, 0.1) is 10.1 Å². The van der Waals surface area contributed by atoms with Crippen LogP contribution in [-0.4, -0.2) is 33.6 Å². The topological polar surface area (TPSA) is 109 Å². The van der Waals surface area contributed by atoms with Gasteiger partial charge in [0.25, 0.3) is 11.6 Å². The van der Waals surface area contributed by atoms with E-state index >= 15 is 0 Å². The molecule has 1 aliphatic heterocycles. The van der Waals surface area contributed by atoms with Gasteiger partial charge in [-0.05, 0) is 0 Å². The number of nitro groups is 1. The number of nitrogens with zero attached hydrogens (tertiary/aromatic N) is 3. The van der Waals surface area contributed by atoms with Crippen molar-refractivity contribution in [2.24, 2.45) is 7.05 Å². The number of aromatic nitrogens is 2. The lowest BCUT2D eigenvalue weighted by atomic mass is 10.3. The summed E-state index contributed by atoms with van der Waals surface area (Å²) in [6.45, 7) is 0.978. The van der Waals surface area contributed by atoms with Gasteiger partial charge in [-0.3, -0.25) is 20.2 Å². The number of carbonyl (C=O) groups is 1. The smallest absolute Gasteiger partial charge is 0.287 e. The molecule has 0 spiro atoms. The van der Waals surface area contributed by atoms with E-state index in [2.05, 4.69) is 10.3 Å². The average Bonchev–Trinajstić information content (AvgIpc) is 3.15. The second kappa shape index (κ2) is 5.74. The first-order valence-electron chi connectivity index (χ1n) is 7.33. The van der Waals surface area contributed by atoms with E-state index in [9.17, 15) is 14.9 Å². The lowest BCUT2D eigenvalue weighted by Gasteiger charge is -2.17. The Morgan fingerprint density at radius 1 is 1.32 bits per heavy atom. The summed E-state index contributed by atoms with van der Waals surface area (Å²) in [4.78, 5) is 27.0. The highest BCUT2D eigenvalue weighted by atomic mass is 32.1. The van der Waals surface area contributed by atoms with Crippen LogP contribution in [0.15, 0.2) is 24.4 Å². The van der Waals surface area contributed by atoms with Gasteiger partial charge in [-0.2, -0.15) is 0 Å². The van der Waals surface area contributed by atoms with Gasteiger partial charge in [0, 0.05) is 25.2 Å². The molecule has 0 aliphatic carbocycles. The standard InChI is InChI=1S/C15H12N4O5S/c1-18-7-8(19(21)22)4-10(18)14(20)17-15-16-9-5-11-12(6-13(9)25-15)24-3-2-23-11/h4-7H,2-3H2,1H3,(H,16,17,20). The van der Waals surface area contributed by atoms with Crippen molar-refractivity contribution < 1.29 is 19.2 Å². The van der Waals surface area contributed by atoms with Gasteiger partial charge in [0.2, 0.25) is 0 Å². The number of fused-ring (bicyclic) bond motifs is 2. The highest BCUT2D eigenvalue weighted by molar-refractivity contribution is 7.22. The van der Waals surface area contributed by atoms with Crippen LogP contribution in [0.2, 0.25) is 0 Å². The summed E-state index contributed by atoms with van der Waals surface area (Å²) < 4.78 is 13.3. The molecule has 10 heteroatoms. The van der Waals surface area contributed by atoms with Gasteiger partial charge >= 0.3 is 0 Å². The van der Waals surface area contributed by atoms with E-state index in [1.807, 2.05) is 6.07 Å². The van der Waals surface area contributed by atoms with Crippen molar-refractivity contribution in [1.29, 1.82) is 0 Å². The Balaban J connectivity index is 1.62. The summed E-state index contributed by atoms with van der Waals surface area (Å²) >= 11 is 1.29. The molecule has 0 bridgehead atoms. The summed E-state index contributed by atoms with van der Waals surface area (Å²) in [5.41, 5.74) is 0.721. The van der Waals surface area contributed by atoms with Crippen molar-refractivity contribution in [1.82, 2.24) is 9.55 Å². The summed E-state index contributed by atoms with van der Waals surface area (Å²) in [6, 6.07) is 4.82. The monoisotopic (exact) mass is 360 g/mol. The molecule has 0 saturated carbocycles. The van der Waals surface area contributed by atoms with E-state index in [1.54, 1.807) is 13.1 Å². The van der Waals surface area contributed by atoms with Gasteiger partial charge in [0.05, 0.1) is 21.3 Å². The first kappa shape index (κ1) is 15.4. The zero-order valence-electron chi connectivity index (χ0n) is 13.0. The molecule has 0 atom stereocenters. The maximum Gasteiger partial charge on any atom is 0.287 e. The normalized spacial score (nSPS) is 13.0. The highest BCUT2D eigenvalue weighted by Crippen LogP contribution is 2.37. The number of thiazole rings is 1. The fraction of sp³-hybridized carbons (Fsp3) is 0.200. The molecule has 3 heterocycles. The number of hydrogen-bond acceptors (Lipinski definition) is 7. The minimum Gasteiger partial charge on any atom is -0.486 e. The van der Waals surface area contributed by atoms with Crippen LogP contribution in [0.3, 0.4) is 0 Å². The Hall–Kier alpha value is -3.14. The number of amides is 1. The summed E-state index contributed by atoms with van der Waals surface area (Å²) in [5.74, 6) is 0.810. The molecule has 9 nitrogen and oxygen atoms in total. The molecule has 1 N–H and O–H groups in total. The Morgan fingerprint density at radius 3 is 2.72 bits per heavy atom. The van der Waals surface area contributed by atoms with Crippen molar-refractivity contribution in [2.45, 2.75) is 0 Å². The Kier molecular flexibility index (Phi) is 3.53. The third-order valence-electron chi connectivity index (χ3n) is 3.71. The number of rotatable bonds is 3.